The maximum atomic E-state index is 13.8. The Kier molecular flexibility index (Phi) is 5.40. The van der Waals surface area contributed by atoms with Gasteiger partial charge in [-0.3, -0.25) is 0 Å². The van der Waals surface area contributed by atoms with E-state index in [9.17, 15) is 22.0 Å². The molecule has 0 N–H and O–H groups in total. The highest BCUT2D eigenvalue weighted by Crippen LogP contribution is 2.29. The van der Waals surface area contributed by atoms with Crippen LogP contribution in [0.1, 0.15) is 18.9 Å². The average Bonchev–Trinajstić information content (AvgIpc) is 2.70. The molecular weight excluding hydrogens is 359 g/mol. The summed E-state index contributed by atoms with van der Waals surface area (Å²) < 4.78 is 67.0. The Morgan fingerprint density at radius 3 is 1.52 bits per heavy atom. The third-order valence-corrected chi connectivity index (χ3v) is 4.22. The molecule has 138 valence electrons. The van der Waals surface area contributed by atoms with Gasteiger partial charge in [0.25, 0.3) is 0 Å². The molecule has 0 aromatic heterocycles. The molecule has 0 aliphatic heterocycles. The van der Waals surface area contributed by atoms with Crippen molar-refractivity contribution in [3.8, 4) is 22.3 Å². The van der Waals surface area contributed by atoms with E-state index in [0.29, 0.717) is 5.56 Å². The first-order valence-corrected chi connectivity index (χ1v) is 8.30. The summed E-state index contributed by atoms with van der Waals surface area (Å²) in [5, 5.41) is 0. The van der Waals surface area contributed by atoms with Gasteiger partial charge in [-0.05, 0) is 40.8 Å². The minimum absolute atomic E-state index is 0.0143. The van der Waals surface area contributed by atoms with Crippen LogP contribution >= 0.6 is 0 Å². The van der Waals surface area contributed by atoms with Crippen molar-refractivity contribution >= 4 is 5.83 Å². The van der Waals surface area contributed by atoms with Gasteiger partial charge in [-0.25, -0.2) is 22.0 Å². The molecule has 0 bridgehead atoms. The maximum absolute atomic E-state index is 13.8. The predicted octanol–water partition coefficient (Wildman–Crippen LogP) is 7.46. The average molecular weight is 374 g/mol. The van der Waals surface area contributed by atoms with Crippen molar-refractivity contribution < 1.29 is 22.0 Å². The van der Waals surface area contributed by atoms with Crippen molar-refractivity contribution in [2.24, 2.45) is 0 Å². The van der Waals surface area contributed by atoms with Gasteiger partial charge in [0, 0.05) is 5.56 Å². The van der Waals surface area contributed by atoms with Gasteiger partial charge in [0.15, 0.2) is 23.3 Å². The van der Waals surface area contributed by atoms with Crippen LogP contribution in [0.2, 0.25) is 0 Å². The Bertz CT molecular complexity index is 963. The van der Waals surface area contributed by atoms with E-state index in [1.165, 1.54) is 19.1 Å². The fraction of sp³-hybridized carbons (Fsp3) is 0.0909. The van der Waals surface area contributed by atoms with Gasteiger partial charge in [-0.15, -0.1) is 0 Å². The summed E-state index contributed by atoms with van der Waals surface area (Å²) in [7, 11) is 0. The lowest BCUT2D eigenvalue weighted by molar-refractivity contribution is 0.448. The van der Waals surface area contributed by atoms with Gasteiger partial charge in [0.1, 0.15) is 5.83 Å². The molecule has 0 aliphatic rings. The second-order valence-corrected chi connectivity index (χ2v) is 5.98. The molecule has 0 spiro atoms. The summed E-state index contributed by atoms with van der Waals surface area (Å²) in [6, 6.07) is 14.9. The van der Waals surface area contributed by atoms with E-state index < -0.39 is 29.1 Å². The second-order valence-electron chi connectivity index (χ2n) is 5.98. The Labute approximate surface area is 153 Å². The van der Waals surface area contributed by atoms with E-state index in [2.05, 4.69) is 0 Å². The fourth-order valence-corrected chi connectivity index (χ4v) is 2.70. The molecule has 3 aromatic carbocycles. The lowest BCUT2D eigenvalue weighted by Crippen LogP contribution is -1.91. The summed E-state index contributed by atoms with van der Waals surface area (Å²) >= 11 is 0. The van der Waals surface area contributed by atoms with Crippen LogP contribution in [0.15, 0.2) is 66.5 Å². The molecule has 0 amide bonds. The molecule has 0 atom stereocenters. The number of rotatable bonds is 4. The monoisotopic (exact) mass is 374 g/mol. The SMILES string of the molecule is CCC(F)=C(F)c1ccc(-c2ccc(-c3cc(F)c(F)c(F)c3)cc2)cc1. The van der Waals surface area contributed by atoms with E-state index in [1.54, 1.807) is 36.4 Å². The maximum Gasteiger partial charge on any atom is 0.194 e. The van der Waals surface area contributed by atoms with Crippen molar-refractivity contribution in [2.75, 3.05) is 0 Å². The lowest BCUT2D eigenvalue weighted by atomic mass is 9.99. The number of benzene rings is 3. The zero-order valence-electron chi connectivity index (χ0n) is 14.4. The van der Waals surface area contributed by atoms with Gasteiger partial charge in [-0.1, -0.05) is 55.5 Å². The van der Waals surface area contributed by atoms with Gasteiger partial charge in [0.2, 0.25) is 0 Å². The first kappa shape index (κ1) is 18.8. The minimum Gasteiger partial charge on any atom is -0.209 e. The van der Waals surface area contributed by atoms with Crippen molar-refractivity contribution in [3.05, 3.63) is 89.5 Å². The Morgan fingerprint density at radius 2 is 1.07 bits per heavy atom. The molecule has 0 saturated heterocycles. The van der Waals surface area contributed by atoms with Gasteiger partial charge < -0.3 is 0 Å². The molecule has 0 radical (unpaired) electrons. The molecular formula is C22H15F5. The number of hydrogen-bond acceptors (Lipinski definition) is 0. The second kappa shape index (κ2) is 7.74. The van der Waals surface area contributed by atoms with E-state index in [-0.39, 0.29) is 17.5 Å². The third kappa shape index (κ3) is 3.92. The van der Waals surface area contributed by atoms with Crippen LogP contribution in [0, 0.1) is 17.5 Å². The molecule has 0 saturated carbocycles. The van der Waals surface area contributed by atoms with Crippen molar-refractivity contribution in [1.29, 1.82) is 0 Å². The third-order valence-electron chi connectivity index (χ3n) is 4.22. The van der Waals surface area contributed by atoms with E-state index in [0.717, 1.165) is 23.3 Å². The van der Waals surface area contributed by atoms with Crippen LogP contribution in [0.25, 0.3) is 28.1 Å². The van der Waals surface area contributed by atoms with Crippen LogP contribution < -0.4 is 0 Å². The predicted molar refractivity (Wildman–Crippen MR) is 96.6 cm³/mol. The Balaban J connectivity index is 1.88. The van der Waals surface area contributed by atoms with E-state index in [1.807, 2.05) is 0 Å². The first-order valence-electron chi connectivity index (χ1n) is 8.30. The van der Waals surface area contributed by atoms with Crippen LogP contribution in [-0.2, 0) is 0 Å². The van der Waals surface area contributed by atoms with Gasteiger partial charge in [0.05, 0.1) is 0 Å². The highest BCUT2D eigenvalue weighted by atomic mass is 19.2. The van der Waals surface area contributed by atoms with Crippen LogP contribution in [0.4, 0.5) is 22.0 Å². The van der Waals surface area contributed by atoms with Crippen LogP contribution in [-0.4, -0.2) is 0 Å². The van der Waals surface area contributed by atoms with Crippen LogP contribution in [0.3, 0.4) is 0 Å². The van der Waals surface area contributed by atoms with Gasteiger partial charge in [-0.2, -0.15) is 0 Å². The molecule has 0 unspecified atom stereocenters. The van der Waals surface area contributed by atoms with Crippen molar-refractivity contribution in [2.45, 2.75) is 13.3 Å². The highest BCUT2D eigenvalue weighted by molar-refractivity contribution is 5.72. The summed E-state index contributed by atoms with van der Waals surface area (Å²) in [4.78, 5) is 0. The smallest absolute Gasteiger partial charge is 0.194 e. The summed E-state index contributed by atoms with van der Waals surface area (Å²) in [6.45, 7) is 1.53. The summed E-state index contributed by atoms with van der Waals surface area (Å²) in [5.74, 6) is -5.68. The summed E-state index contributed by atoms with van der Waals surface area (Å²) in [6.07, 6.45) is -0.0143. The number of hydrogen-bond donors (Lipinski definition) is 0. The van der Waals surface area contributed by atoms with E-state index in [4.69, 9.17) is 0 Å². The standard InChI is InChI=1S/C22H15F5/c1-2-18(23)21(26)16-9-7-14(8-10-16)13-3-5-15(6-4-13)17-11-19(24)22(27)20(25)12-17/h3-12H,2H2,1H3. The zero-order valence-corrected chi connectivity index (χ0v) is 14.4. The molecule has 0 aliphatic carbocycles. The summed E-state index contributed by atoms with van der Waals surface area (Å²) in [5.41, 5.74) is 2.45. The minimum atomic E-state index is -1.50. The Hall–Kier alpha value is -2.95. The topological polar surface area (TPSA) is 0 Å². The molecule has 0 fully saturated rings. The molecule has 5 heteroatoms. The lowest BCUT2D eigenvalue weighted by Gasteiger charge is -2.07. The van der Waals surface area contributed by atoms with Crippen LogP contribution in [0.5, 0.6) is 0 Å². The van der Waals surface area contributed by atoms with Crippen molar-refractivity contribution in [3.63, 3.8) is 0 Å². The number of halogens is 5. The molecule has 0 heterocycles. The first-order chi connectivity index (χ1) is 12.9. The van der Waals surface area contributed by atoms with E-state index >= 15 is 0 Å². The largest absolute Gasteiger partial charge is 0.209 e. The fourth-order valence-electron chi connectivity index (χ4n) is 2.70. The Morgan fingerprint density at radius 1 is 0.667 bits per heavy atom. The van der Waals surface area contributed by atoms with Crippen molar-refractivity contribution in [1.82, 2.24) is 0 Å². The zero-order chi connectivity index (χ0) is 19.6. The number of allylic oxidation sites excluding steroid dienone is 1. The normalized spacial score (nSPS) is 12.1. The molecule has 3 rings (SSSR count). The molecule has 27 heavy (non-hydrogen) atoms. The molecule has 3 aromatic rings. The van der Waals surface area contributed by atoms with Gasteiger partial charge >= 0.3 is 0 Å². The quantitative estimate of drug-likeness (QED) is 0.328. The highest BCUT2D eigenvalue weighted by Gasteiger charge is 2.12. The molecule has 0 nitrogen and oxygen atoms in total.